The Labute approximate surface area is 129 Å². The minimum Gasteiger partial charge on any atom is -0.423 e. The fourth-order valence-electron chi connectivity index (χ4n) is 1.01. The first-order chi connectivity index (χ1) is 10.5. The number of nitrogens with one attached hydrogen (secondary N) is 2. The van der Waals surface area contributed by atoms with E-state index in [2.05, 4.69) is 30.4 Å². The van der Waals surface area contributed by atoms with Crippen LogP contribution in [0.5, 0.6) is 5.75 Å². The molecule has 0 saturated carbocycles. The predicted molar refractivity (Wildman–Crippen MR) is 83.8 cm³/mol. The molecule has 0 saturated heterocycles. The number of carbonyl (C=O) groups is 3. The van der Waals surface area contributed by atoms with E-state index in [1.54, 1.807) is 24.3 Å². The lowest BCUT2D eigenvalue weighted by molar-refractivity contribution is -0.129. The van der Waals surface area contributed by atoms with Crippen molar-refractivity contribution in [3.05, 3.63) is 68.3 Å². The number of ether oxygens (including phenoxy) is 1. The van der Waals surface area contributed by atoms with Gasteiger partial charge in [0.05, 0.1) is 6.67 Å². The largest absolute Gasteiger partial charge is 0.423 e. The van der Waals surface area contributed by atoms with Gasteiger partial charge in [0.15, 0.2) is 0 Å². The van der Waals surface area contributed by atoms with Gasteiger partial charge in [0.1, 0.15) is 5.75 Å². The summed E-state index contributed by atoms with van der Waals surface area (Å²) in [6.07, 6.45) is 3.38. The molecule has 22 heavy (non-hydrogen) atoms. The Morgan fingerprint density at radius 1 is 0.909 bits per heavy atom. The maximum absolute atomic E-state index is 10.6. The third kappa shape index (κ3) is 9.74. The number of rotatable bonds is 6. The Bertz CT molecular complexity index is 518. The Balaban J connectivity index is 0.000000401. The number of hydrogen-bond acceptors (Lipinski definition) is 4. The van der Waals surface area contributed by atoms with Gasteiger partial charge < -0.3 is 15.4 Å². The van der Waals surface area contributed by atoms with E-state index in [9.17, 15) is 14.4 Å². The molecule has 0 unspecified atom stereocenters. The second-order valence-electron chi connectivity index (χ2n) is 3.61. The van der Waals surface area contributed by atoms with Gasteiger partial charge in [0.25, 0.3) is 0 Å². The highest BCUT2D eigenvalue weighted by Gasteiger charge is 1.95. The molecule has 0 heterocycles. The van der Waals surface area contributed by atoms with Crippen LogP contribution in [0.25, 0.3) is 0 Å². The third-order valence-electron chi connectivity index (χ3n) is 2.02. The Morgan fingerprint density at radius 3 is 1.82 bits per heavy atom. The number of amides is 2. The smallest absolute Gasteiger partial charge is 0.335 e. The minimum atomic E-state index is -0.434. The maximum atomic E-state index is 10.6. The molecule has 0 bridgehead atoms. The second kappa shape index (κ2) is 11.7. The number of benzene rings is 1. The molecule has 1 aromatic carbocycles. The van der Waals surface area contributed by atoms with Crippen LogP contribution in [0.4, 0.5) is 0 Å². The molecule has 0 atom stereocenters. The molecule has 0 aromatic heterocycles. The summed E-state index contributed by atoms with van der Waals surface area (Å²) in [4.78, 5) is 31.6. The summed E-state index contributed by atoms with van der Waals surface area (Å²) in [5, 5.41) is 4.72. The van der Waals surface area contributed by atoms with Crippen molar-refractivity contribution in [1.29, 1.82) is 0 Å². The fraction of sp³-hybridized carbons (Fsp3) is 0.0625. The molecule has 2 N–H and O–H groups in total. The molecule has 6 heteroatoms. The molecule has 0 aliphatic rings. The zero-order chi connectivity index (χ0) is 16.8. The average Bonchev–Trinajstić information content (AvgIpc) is 2.55. The van der Waals surface area contributed by atoms with Crippen LogP contribution in [0.3, 0.4) is 0 Å². The van der Waals surface area contributed by atoms with Crippen LogP contribution in [0.2, 0.25) is 0 Å². The number of carbonyl (C=O) groups excluding carboxylic acids is 3. The number of esters is 1. The molecular weight excluding hydrogens is 284 g/mol. The average molecular weight is 302 g/mol. The fourth-order valence-corrected chi connectivity index (χ4v) is 1.01. The van der Waals surface area contributed by atoms with Crippen molar-refractivity contribution in [2.45, 2.75) is 0 Å². The summed E-state index contributed by atoms with van der Waals surface area (Å²) in [6.45, 7) is 9.84. The minimum absolute atomic E-state index is 0.0930. The lowest BCUT2D eigenvalue weighted by Crippen LogP contribution is -2.35. The molecule has 0 aliphatic carbocycles. The first-order valence-corrected chi connectivity index (χ1v) is 6.23. The van der Waals surface area contributed by atoms with E-state index in [1.807, 2.05) is 6.07 Å². The zero-order valence-electron chi connectivity index (χ0n) is 12.1. The van der Waals surface area contributed by atoms with Crippen LogP contribution in [-0.4, -0.2) is 24.5 Å². The normalized spacial score (nSPS) is 8.36. The zero-order valence-corrected chi connectivity index (χ0v) is 12.1. The van der Waals surface area contributed by atoms with Crippen molar-refractivity contribution in [1.82, 2.24) is 10.6 Å². The monoisotopic (exact) mass is 302 g/mol. The summed E-state index contributed by atoms with van der Waals surface area (Å²) in [5.74, 6) is -0.544. The molecular formula is C16H18N2O4. The first-order valence-electron chi connectivity index (χ1n) is 6.23. The molecule has 116 valence electrons. The standard InChI is InChI=1S/C9H8O2.C7H10N2O2/c1-2-9(10)11-8-6-4-3-5-7-8;1-3-6(10)8-5-9-7(11)4-2/h2-7H,1H2;3-4H,1-2,5H2,(H,8,10)(H,9,11). The molecule has 1 aromatic rings. The summed E-state index contributed by atoms with van der Waals surface area (Å²) in [5.41, 5.74) is 0. The molecule has 0 fully saturated rings. The van der Waals surface area contributed by atoms with Gasteiger partial charge >= 0.3 is 5.97 Å². The topological polar surface area (TPSA) is 84.5 Å². The first kappa shape index (κ1) is 18.9. The number of hydrogen-bond donors (Lipinski definition) is 2. The van der Waals surface area contributed by atoms with Crippen molar-refractivity contribution in [3.8, 4) is 5.75 Å². The Hall–Kier alpha value is -3.15. The van der Waals surface area contributed by atoms with Crippen molar-refractivity contribution >= 4 is 17.8 Å². The van der Waals surface area contributed by atoms with E-state index in [-0.39, 0.29) is 18.5 Å². The molecule has 6 nitrogen and oxygen atoms in total. The van der Waals surface area contributed by atoms with E-state index >= 15 is 0 Å². The van der Waals surface area contributed by atoms with Crippen LogP contribution in [0, 0.1) is 0 Å². The van der Waals surface area contributed by atoms with Crippen molar-refractivity contribution < 1.29 is 19.1 Å². The molecule has 0 aliphatic heterocycles. The summed E-state index contributed by atoms with van der Waals surface area (Å²) < 4.78 is 4.81. The van der Waals surface area contributed by atoms with Gasteiger partial charge in [0, 0.05) is 6.08 Å². The van der Waals surface area contributed by atoms with Gasteiger partial charge in [-0.15, -0.1) is 0 Å². The highest BCUT2D eigenvalue weighted by molar-refractivity contribution is 5.89. The van der Waals surface area contributed by atoms with E-state index in [4.69, 9.17) is 4.74 Å². The van der Waals surface area contributed by atoms with Gasteiger partial charge in [-0.2, -0.15) is 0 Å². The maximum Gasteiger partial charge on any atom is 0.335 e. The number of para-hydroxylation sites is 1. The summed E-state index contributed by atoms with van der Waals surface area (Å²) in [6, 6.07) is 8.87. The highest BCUT2D eigenvalue weighted by atomic mass is 16.5. The second-order valence-corrected chi connectivity index (χ2v) is 3.61. The van der Waals surface area contributed by atoms with Crippen LogP contribution in [-0.2, 0) is 14.4 Å². The molecule has 2 amide bonds. The van der Waals surface area contributed by atoms with Gasteiger partial charge in [-0.25, -0.2) is 4.79 Å². The van der Waals surface area contributed by atoms with E-state index < -0.39 is 5.97 Å². The Morgan fingerprint density at radius 2 is 1.41 bits per heavy atom. The quantitative estimate of drug-likeness (QED) is 0.359. The van der Waals surface area contributed by atoms with E-state index in [0.717, 1.165) is 18.2 Å². The molecule has 0 radical (unpaired) electrons. The lowest BCUT2D eigenvalue weighted by atomic mass is 10.3. The summed E-state index contributed by atoms with van der Waals surface area (Å²) >= 11 is 0. The van der Waals surface area contributed by atoms with Crippen molar-refractivity contribution in [3.63, 3.8) is 0 Å². The Kier molecular flexibility index (Phi) is 9.99. The van der Waals surface area contributed by atoms with Crippen LogP contribution in [0.15, 0.2) is 68.3 Å². The van der Waals surface area contributed by atoms with Gasteiger partial charge in [-0.1, -0.05) is 37.9 Å². The van der Waals surface area contributed by atoms with Crippen LogP contribution in [0.1, 0.15) is 0 Å². The van der Waals surface area contributed by atoms with Gasteiger partial charge in [-0.3, -0.25) is 9.59 Å². The van der Waals surface area contributed by atoms with Crippen molar-refractivity contribution in [2.24, 2.45) is 0 Å². The molecule has 0 spiro atoms. The van der Waals surface area contributed by atoms with Gasteiger partial charge in [0.2, 0.25) is 11.8 Å². The summed E-state index contributed by atoms with van der Waals surface area (Å²) in [7, 11) is 0. The van der Waals surface area contributed by atoms with E-state index in [1.165, 1.54) is 0 Å². The lowest BCUT2D eigenvalue weighted by Gasteiger charge is -2.01. The predicted octanol–water partition coefficient (Wildman–Crippen LogP) is 1.33. The highest BCUT2D eigenvalue weighted by Crippen LogP contribution is 2.07. The van der Waals surface area contributed by atoms with Crippen LogP contribution < -0.4 is 15.4 Å². The molecule has 1 rings (SSSR count). The third-order valence-corrected chi connectivity index (χ3v) is 2.02. The van der Waals surface area contributed by atoms with Gasteiger partial charge in [-0.05, 0) is 24.3 Å². The SMILES string of the molecule is C=CC(=O)NCNC(=O)C=C.C=CC(=O)Oc1ccccc1. The van der Waals surface area contributed by atoms with Crippen LogP contribution >= 0.6 is 0 Å². The van der Waals surface area contributed by atoms with Crippen molar-refractivity contribution in [2.75, 3.05) is 6.67 Å². The van der Waals surface area contributed by atoms with E-state index in [0.29, 0.717) is 5.75 Å².